The SMILES string of the molecule is N#Cc1cccc(NC(=O)c2cccc(NC(=O)NCC3CC3)c2)c1. The van der Waals surface area contributed by atoms with E-state index < -0.39 is 0 Å². The molecule has 0 heterocycles. The highest BCUT2D eigenvalue weighted by molar-refractivity contribution is 6.05. The maximum Gasteiger partial charge on any atom is 0.319 e. The number of nitrogens with one attached hydrogen (secondary N) is 3. The molecule has 25 heavy (non-hydrogen) atoms. The van der Waals surface area contributed by atoms with Crippen molar-refractivity contribution in [1.29, 1.82) is 5.26 Å². The van der Waals surface area contributed by atoms with Crippen molar-refractivity contribution in [3.05, 3.63) is 59.7 Å². The van der Waals surface area contributed by atoms with Crippen molar-refractivity contribution >= 4 is 23.3 Å². The van der Waals surface area contributed by atoms with Gasteiger partial charge in [-0.05, 0) is 55.2 Å². The molecule has 6 heteroatoms. The third-order valence-corrected chi connectivity index (χ3v) is 3.88. The third-order valence-electron chi connectivity index (χ3n) is 3.88. The van der Waals surface area contributed by atoms with Crippen molar-refractivity contribution in [3.8, 4) is 6.07 Å². The number of amides is 3. The molecule has 126 valence electrons. The van der Waals surface area contributed by atoms with Crippen molar-refractivity contribution in [2.75, 3.05) is 17.2 Å². The minimum atomic E-state index is -0.308. The topological polar surface area (TPSA) is 94.0 Å². The number of rotatable bonds is 5. The van der Waals surface area contributed by atoms with Crippen molar-refractivity contribution in [3.63, 3.8) is 0 Å². The molecule has 1 fully saturated rings. The largest absolute Gasteiger partial charge is 0.338 e. The van der Waals surface area contributed by atoms with Crippen LogP contribution in [0.5, 0.6) is 0 Å². The predicted octanol–water partition coefficient (Wildman–Crippen LogP) is 3.34. The Bertz CT molecular complexity index is 837. The van der Waals surface area contributed by atoms with Crippen molar-refractivity contribution < 1.29 is 9.59 Å². The normalized spacial score (nSPS) is 12.8. The second-order valence-electron chi connectivity index (χ2n) is 6.01. The highest BCUT2D eigenvalue weighted by Crippen LogP contribution is 2.27. The molecule has 0 saturated heterocycles. The summed E-state index contributed by atoms with van der Waals surface area (Å²) < 4.78 is 0. The van der Waals surface area contributed by atoms with Gasteiger partial charge < -0.3 is 16.0 Å². The molecule has 1 aliphatic carbocycles. The first-order valence-corrected chi connectivity index (χ1v) is 8.10. The number of nitriles is 1. The number of carbonyl (C=O) groups excluding carboxylic acids is 2. The Morgan fingerprint density at radius 1 is 1.04 bits per heavy atom. The quantitative estimate of drug-likeness (QED) is 0.782. The molecule has 3 rings (SSSR count). The molecule has 0 aromatic heterocycles. The molecule has 2 aromatic carbocycles. The second-order valence-corrected chi connectivity index (χ2v) is 6.01. The Kier molecular flexibility index (Phi) is 4.95. The van der Waals surface area contributed by atoms with Crippen molar-refractivity contribution in [2.45, 2.75) is 12.8 Å². The van der Waals surface area contributed by atoms with Crippen LogP contribution in [0.25, 0.3) is 0 Å². The third kappa shape index (κ3) is 4.82. The zero-order valence-electron chi connectivity index (χ0n) is 13.6. The molecule has 0 radical (unpaired) electrons. The van der Waals surface area contributed by atoms with E-state index in [0.717, 1.165) is 0 Å². The lowest BCUT2D eigenvalue weighted by molar-refractivity contribution is 0.102. The molecule has 0 aliphatic heterocycles. The fourth-order valence-corrected chi connectivity index (χ4v) is 2.34. The number of anilines is 2. The first-order chi connectivity index (χ1) is 12.1. The van der Waals surface area contributed by atoms with Crippen LogP contribution in [0.4, 0.5) is 16.2 Å². The Morgan fingerprint density at radius 3 is 2.48 bits per heavy atom. The van der Waals surface area contributed by atoms with Gasteiger partial charge >= 0.3 is 6.03 Å². The zero-order chi connectivity index (χ0) is 17.6. The molecule has 0 bridgehead atoms. The molecule has 0 spiro atoms. The van der Waals surface area contributed by atoms with Gasteiger partial charge in [-0.1, -0.05) is 12.1 Å². The number of nitrogens with zero attached hydrogens (tertiary/aromatic N) is 1. The maximum absolute atomic E-state index is 12.4. The summed E-state index contributed by atoms with van der Waals surface area (Å²) in [6, 6.07) is 15.2. The summed E-state index contributed by atoms with van der Waals surface area (Å²) >= 11 is 0. The highest BCUT2D eigenvalue weighted by atomic mass is 16.2. The van der Waals surface area contributed by atoms with Gasteiger partial charge in [0.1, 0.15) is 0 Å². The first-order valence-electron chi connectivity index (χ1n) is 8.10. The fraction of sp³-hybridized carbons (Fsp3) is 0.211. The van der Waals surface area contributed by atoms with E-state index in [2.05, 4.69) is 16.0 Å². The molecule has 1 saturated carbocycles. The fourth-order valence-electron chi connectivity index (χ4n) is 2.34. The van der Waals surface area contributed by atoms with Gasteiger partial charge in [-0.15, -0.1) is 0 Å². The van der Waals surface area contributed by atoms with Crippen LogP contribution in [0.3, 0.4) is 0 Å². The van der Waals surface area contributed by atoms with Crippen LogP contribution in [0.2, 0.25) is 0 Å². The summed E-state index contributed by atoms with van der Waals surface area (Å²) in [6.07, 6.45) is 2.34. The first kappa shape index (κ1) is 16.5. The van der Waals surface area contributed by atoms with E-state index in [0.29, 0.717) is 35.0 Å². The summed E-state index contributed by atoms with van der Waals surface area (Å²) in [5, 5.41) is 17.2. The monoisotopic (exact) mass is 334 g/mol. The van der Waals surface area contributed by atoms with Gasteiger partial charge in [-0.25, -0.2) is 4.79 Å². The summed E-state index contributed by atoms with van der Waals surface area (Å²) in [5.74, 6) is 0.296. The molecular formula is C19H18N4O2. The van der Waals surface area contributed by atoms with Crippen LogP contribution in [0.1, 0.15) is 28.8 Å². The van der Waals surface area contributed by atoms with Gasteiger partial charge in [0.15, 0.2) is 0 Å². The Balaban J connectivity index is 1.62. The Hall–Kier alpha value is -3.33. The van der Waals surface area contributed by atoms with Gasteiger partial charge in [0.2, 0.25) is 0 Å². The lowest BCUT2D eigenvalue weighted by atomic mass is 10.1. The van der Waals surface area contributed by atoms with E-state index in [1.807, 2.05) is 6.07 Å². The number of hydrogen-bond donors (Lipinski definition) is 3. The van der Waals surface area contributed by atoms with E-state index in [1.165, 1.54) is 12.8 Å². The standard InChI is InChI=1S/C19H18N4O2/c20-11-14-3-1-5-16(9-14)22-18(24)15-4-2-6-17(10-15)23-19(25)21-12-13-7-8-13/h1-6,9-10,13H,7-8,12H2,(H,22,24)(H2,21,23,25). The number of hydrogen-bond acceptors (Lipinski definition) is 3. The van der Waals surface area contributed by atoms with E-state index >= 15 is 0 Å². The number of urea groups is 1. The molecule has 0 atom stereocenters. The molecular weight excluding hydrogens is 316 g/mol. The lowest BCUT2D eigenvalue weighted by Gasteiger charge is -2.09. The minimum absolute atomic E-state index is 0.272. The molecule has 0 unspecified atom stereocenters. The molecule has 2 aromatic rings. The smallest absolute Gasteiger partial charge is 0.319 e. The summed E-state index contributed by atoms with van der Waals surface area (Å²) in [5.41, 5.74) is 1.99. The van der Waals surface area contributed by atoms with Crippen molar-refractivity contribution in [1.82, 2.24) is 5.32 Å². The van der Waals surface area contributed by atoms with Crippen LogP contribution >= 0.6 is 0 Å². The predicted molar refractivity (Wildman–Crippen MR) is 95.3 cm³/mol. The lowest BCUT2D eigenvalue weighted by Crippen LogP contribution is -2.30. The van der Waals surface area contributed by atoms with E-state index in [9.17, 15) is 9.59 Å². The van der Waals surface area contributed by atoms with Gasteiger partial charge in [0.05, 0.1) is 11.6 Å². The molecule has 1 aliphatic rings. The van der Waals surface area contributed by atoms with Gasteiger partial charge in [-0.3, -0.25) is 4.79 Å². The van der Waals surface area contributed by atoms with Crippen LogP contribution in [-0.2, 0) is 0 Å². The second kappa shape index (κ2) is 7.49. The van der Waals surface area contributed by atoms with Crippen LogP contribution in [0, 0.1) is 17.2 Å². The van der Waals surface area contributed by atoms with Gasteiger partial charge in [0.25, 0.3) is 5.91 Å². The number of benzene rings is 2. The minimum Gasteiger partial charge on any atom is -0.338 e. The average molecular weight is 334 g/mol. The van der Waals surface area contributed by atoms with Crippen LogP contribution in [0.15, 0.2) is 48.5 Å². The summed E-state index contributed by atoms with van der Waals surface area (Å²) in [4.78, 5) is 24.2. The molecule has 3 N–H and O–H groups in total. The van der Waals surface area contributed by atoms with E-state index in [4.69, 9.17) is 5.26 Å². The molecule has 6 nitrogen and oxygen atoms in total. The van der Waals surface area contributed by atoms with Crippen LogP contribution in [-0.4, -0.2) is 18.5 Å². The maximum atomic E-state index is 12.4. The van der Waals surface area contributed by atoms with Crippen LogP contribution < -0.4 is 16.0 Å². The molecule has 3 amide bonds. The highest BCUT2D eigenvalue weighted by Gasteiger charge is 2.21. The van der Waals surface area contributed by atoms with E-state index in [-0.39, 0.29) is 11.9 Å². The average Bonchev–Trinajstić information content (AvgIpc) is 3.45. The summed E-state index contributed by atoms with van der Waals surface area (Å²) in [6.45, 7) is 0.682. The van der Waals surface area contributed by atoms with Gasteiger partial charge in [0, 0.05) is 23.5 Å². The Morgan fingerprint density at radius 2 is 1.76 bits per heavy atom. The van der Waals surface area contributed by atoms with Gasteiger partial charge in [-0.2, -0.15) is 5.26 Å². The van der Waals surface area contributed by atoms with Crippen molar-refractivity contribution in [2.24, 2.45) is 5.92 Å². The zero-order valence-corrected chi connectivity index (χ0v) is 13.6. The number of carbonyl (C=O) groups is 2. The Labute approximate surface area is 145 Å². The van der Waals surface area contributed by atoms with E-state index in [1.54, 1.807) is 48.5 Å². The summed E-state index contributed by atoms with van der Waals surface area (Å²) in [7, 11) is 0.